The van der Waals surface area contributed by atoms with Crippen LogP contribution in [0.4, 0.5) is 0 Å². The summed E-state index contributed by atoms with van der Waals surface area (Å²) in [5.74, 6) is 2.14. The molecular formula is C16H25N7O. The maximum atomic E-state index is 12.5. The predicted molar refractivity (Wildman–Crippen MR) is 89.5 cm³/mol. The van der Waals surface area contributed by atoms with Crippen LogP contribution in [0.1, 0.15) is 48.3 Å². The molecule has 1 aliphatic heterocycles. The Morgan fingerprint density at radius 1 is 1.38 bits per heavy atom. The molecule has 0 radical (unpaired) electrons. The molecule has 1 aliphatic rings. The lowest BCUT2D eigenvalue weighted by Gasteiger charge is -2.20. The number of nitrogens with one attached hydrogen (secondary N) is 2. The third kappa shape index (κ3) is 3.64. The molecule has 1 atom stereocenters. The molecule has 0 aliphatic carbocycles. The summed E-state index contributed by atoms with van der Waals surface area (Å²) in [6.45, 7) is 6.92. The lowest BCUT2D eigenvalue weighted by atomic mass is 10.0. The molecule has 0 fully saturated rings. The van der Waals surface area contributed by atoms with E-state index in [9.17, 15) is 4.79 Å². The van der Waals surface area contributed by atoms with Gasteiger partial charge in [-0.05, 0) is 12.3 Å². The Labute approximate surface area is 141 Å². The van der Waals surface area contributed by atoms with Crippen LogP contribution in [0.5, 0.6) is 0 Å². The molecule has 2 N–H and O–H groups in total. The molecule has 3 heterocycles. The van der Waals surface area contributed by atoms with Crippen LogP contribution < -0.4 is 10.6 Å². The van der Waals surface area contributed by atoms with Crippen molar-refractivity contribution in [3.8, 4) is 0 Å². The molecule has 1 unspecified atom stereocenters. The van der Waals surface area contributed by atoms with Gasteiger partial charge in [-0.2, -0.15) is 5.10 Å². The second-order valence-corrected chi connectivity index (χ2v) is 6.68. The second kappa shape index (κ2) is 7.12. The van der Waals surface area contributed by atoms with E-state index in [-0.39, 0.29) is 11.9 Å². The summed E-state index contributed by atoms with van der Waals surface area (Å²) in [4.78, 5) is 12.5. The largest absolute Gasteiger partial charge is 0.342 e. The van der Waals surface area contributed by atoms with Crippen molar-refractivity contribution >= 4 is 5.91 Å². The monoisotopic (exact) mass is 331 g/mol. The number of nitrogens with zero attached hydrogens (tertiary/aromatic N) is 5. The zero-order chi connectivity index (χ0) is 17.1. The minimum atomic E-state index is -0.156. The summed E-state index contributed by atoms with van der Waals surface area (Å²) in [5, 5.41) is 19.3. The van der Waals surface area contributed by atoms with E-state index in [1.165, 1.54) is 0 Å². The number of fused-ring (bicyclic) bond motifs is 1. The van der Waals surface area contributed by atoms with E-state index in [4.69, 9.17) is 0 Å². The minimum absolute atomic E-state index is 0.127. The molecular weight excluding hydrogens is 306 g/mol. The van der Waals surface area contributed by atoms with E-state index in [1.807, 2.05) is 0 Å². The quantitative estimate of drug-likeness (QED) is 0.841. The van der Waals surface area contributed by atoms with Crippen molar-refractivity contribution in [2.75, 3.05) is 13.1 Å². The molecule has 1 amide bonds. The third-order valence-electron chi connectivity index (χ3n) is 4.18. The second-order valence-electron chi connectivity index (χ2n) is 6.68. The molecule has 8 heteroatoms. The van der Waals surface area contributed by atoms with Gasteiger partial charge in [0.25, 0.3) is 5.91 Å². The van der Waals surface area contributed by atoms with Gasteiger partial charge in [-0.3, -0.25) is 9.48 Å². The first-order valence-corrected chi connectivity index (χ1v) is 8.46. The standard InChI is InChI=1S/C16H25N7O/c1-11(2)8-13(19-16(24)12-9-18-22(3)10-12)15-21-20-14-4-5-17-6-7-23(14)15/h9-11,13,17H,4-8H2,1-3H3,(H,19,24). The molecule has 0 spiro atoms. The fraction of sp³-hybridized carbons (Fsp3) is 0.625. The number of carbonyl (C=O) groups is 1. The average Bonchev–Trinajstić information content (AvgIpc) is 3.06. The highest BCUT2D eigenvalue weighted by atomic mass is 16.1. The van der Waals surface area contributed by atoms with Crippen molar-refractivity contribution < 1.29 is 4.79 Å². The highest BCUT2D eigenvalue weighted by Crippen LogP contribution is 2.22. The van der Waals surface area contributed by atoms with Gasteiger partial charge in [-0.15, -0.1) is 10.2 Å². The van der Waals surface area contributed by atoms with Gasteiger partial charge in [0.2, 0.25) is 0 Å². The summed E-state index contributed by atoms with van der Waals surface area (Å²) in [7, 11) is 1.80. The maximum absolute atomic E-state index is 12.5. The SMILES string of the molecule is CC(C)CC(NC(=O)c1cnn(C)c1)c1nnc2n1CCNCC2. The molecule has 0 saturated heterocycles. The summed E-state index contributed by atoms with van der Waals surface area (Å²) in [6, 6.07) is -0.156. The van der Waals surface area contributed by atoms with Crippen LogP contribution in [-0.2, 0) is 20.0 Å². The van der Waals surface area contributed by atoms with Crippen LogP contribution in [0.15, 0.2) is 12.4 Å². The van der Waals surface area contributed by atoms with Gasteiger partial charge in [0.1, 0.15) is 5.82 Å². The highest BCUT2D eigenvalue weighted by molar-refractivity contribution is 5.93. The van der Waals surface area contributed by atoms with Gasteiger partial charge in [0.15, 0.2) is 5.82 Å². The summed E-state index contributed by atoms with van der Waals surface area (Å²) < 4.78 is 3.78. The summed E-state index contributed by atoms with van der Waals surface area (Å²) in [5.41, 5.74) is 0.559. The molecule has 0 bridgehead atoms. The zero-order valence-corrected chi connectivity index (χ0v) is 14.5. The van der Waals surface area contributed by atoms with Crippen molar-refractivity contribution in [1.29, 1.82) is 0 Å². The lowest BCUT2D eigenvalue weighted by molar-refractivity contribution is 0.0929. The minimum Gasteiger partial charge on any atom is -0.342 e. The first kappa shape index (κ1) is 16.6. The number of aromatic nitrogens is 5. The van der Waals surface area contributed by atoms with Gasteiger partial charge in [0.05, 0.1) is 17.8 Å². The normalized spacial score (nSPS) is 15.8. The molecule has 130 valence electrons. The van der Waals surface area contributed by atoms with Gasteiger partial charge >= 0.3 is 0 Å². The van der Waals surface area contributed by atoms with Crippen molar-refractivity contribution in [2.24, 2.45) is 13.0 Å². The van der Waals surface area contributed by atoms with Gasteiger partial charge in [0, 0.05) is 39.3 Å². The van der Waals surface area contributed by atoms with Crippen LogP contribution in [-0.4, -0.2) is 43.5 Å². The van der Waals surface area contributed by atoms with Crippen molar-refractivity contribution in [3.05, 3.63) is 29.6 Å². The van der Waals surface area contributed by atoms with Crippen molar-refractivity contribution in [2.45, 2.75) is 39.3 Å². The van der Waals surface area contributed by atoms with E-state index in [0.717, 1.165) is 44.1 Å². The van der Waals surface area contributed by atoms with E-state index in [1.54, 1.807) is 24.1 Å². The maximum Gasteiger partial charge on any atom is 0.255 e. The number of rotatable bonds is 5. The third-order valence-corrected chi connectivity index (χ3v) is 4.18. The van der Waals surface area contributed by atoms with E-state index in [0.29, 0.717) is 11.5 Å². The van der Waals surface area contributed by atoms with E-state index < -0.39 is 0 Å². The van der Waals surface area contributed by atoms with E-state index in [2.05, 4.69) is 44.3 Å². The molecule has 24 heavy (non-hydrogen) atoms. The fourth-order valence-electron chi connectivity index (χ4n) is 3.03. The number of amides is 1. The van der Waals surface area contributed by atoms with E-state index >= 15 is 0 Å². The van der Waals surface area contributed by atoms with Gasteiger partial charge in [-0.1, -0.05) is 13.8 Å². The Hall–Kier alpha value is -2.22. The predicted octanol–water partition coefficient (Wildman–Crippen LogP) is 0.675. The molecule has 8 nitrogen and oxygen atoms in total. The number of hydrogen-bond acceptors (Lipinski definition) is 5. The molecule has 0 saturated carbocycles. The Morgan fingerprint density at radius 2 is 2.21 bits per heavy atom. The summed E-state index contributed by atoms with van der Waals surface area (Å²) >= 11 is 0. The molecule has 3 rings (SSSR count). The molecule has 0 aromatic carbocycles. The first-order valence-electron chi connectivity index (χ1n) is 8.46. The van der Waals surface area contributed by atoms with Crippen LogP contribution in [0.2, 0.25) is 0 Å². The Kier molecular flexibility index (Phi) is 4.94. The van der Waals surface area contributed by atoms with Crippen molar-refractivity contribution in [1.82, 2.24) is 35.2 Å². The zero-order valence-electron chi connectivity index (χ0n) is 14.5. The number of hydrogen-bond donors (Lipinski definition) is 2. The first-order chi connectivity index (χ1) is 11.5. The van der Waals surface area contributed by atoms with Crippen LogP contribution in [0.3, 0.4) is 0 Å². The van der Waals surface area contributed by atoms with Crippen LogP contribution >= 0.6 is 0 Å². The Bertz CT molecular complexity index is 703. The van der Waals surface area contributed by atoms with Gasteiger partial charge < -0.3 is 15.2 Å². The number of carbonyl (C=O) groups excluding carboxylic acids is 1. The smallest absolute Gasteiger partial charge is 0.255 e. The Morgan fingerprint density at radius 3 is 2.92 bits per heavy atom. The summed E-state index contributed by atoms with van der Waals surface area (Å²) in [6.07, 6.45) is 4.97. The topological polar surface area (TPSA) is 89.7 Å². The lowest BCUT2D eigenvalue weighted by Crippen LogP contribution is -2.32. The Balaban J connectivity index is 1.84. The average molecular weight is 331 g/mol. The van der Waals surface area contributed by atoms with Gasteiger partial charge in [-0.25, -0.2) is 0 Å². The molecule has 2 aromatic heterocycles. The highest BCUT2D eigenvalue weighted by Gasteiger charge is 2.25. The number of aryl methyl sites for hydroxylation is 1. The fourth-order valence-corrected chi connectivity index (χ4v) is 3.03. The van der Waals surface area contributed by atoms with Crippen molar-refractivity contribution in [3.63, 3.8) is 0 Å². The van der Waals surface area contributed by atoms with Crippen LogP contribution in [0, 0.1) is 5.92 Å². The van der Waals surface area contributed by atoms with Crippen LogP contribution in [0.25, 0.3) is 0 Å². The molecule has 2 aromatic rings.